The van der Waals surface area contributed by atoms with E-state index in [4.69, 9.17) is 5.73 Å². The minimum atomic E-state index is -0.659. The molecular weight excluding hydrogens is 309 g/mol. The number of carbonyl (C=O) groups excluding carboxylic acids is 2. The van der Waals surface area contributed by atoms with Crippen molar-refractivity contribution in [3.05, 3.63) is 35.6 Å². The first-order valence-electron chi connectivity index (χ1n) is 8.38. The zero-order valence-electron chi connectivity index (χ0n) is 14.3. The maximum atomic E-state index is 14.0. The number of halogens is 1. The van der Waals surface area contributed by atoms with E-state index < -0.39 is 6.04 Å². The highest BCUT2D eigenvalue weighted by Crippen LogP contribution is 2.28. The normalized spacial score (nSPS) is 22.2. The molecule has 1 aliphatic carbocycles. The summed E-state index contributed by atoms with van der Waals surface area (Å²) < 4.78 is 14.0. The molecule has 5 nitrogen and oxygen atoms in total. The van der Waals surface area contributed by atoms with Crippen LogP contribution in [0.25, 0.3) is 0 Å². The number of primary amides is 1. The van der Waals surface area contributed by atoms with Gasteiger partial charge in [-0.3, -0.25) is 14.5 Å². The molecule has 1 fully saturated rings. The van der Waals surface area contributed by atoms with E-state index >= 15 is 0 Å². The quantitative estimate of drug-likeness (QED) is 0.833. The van der Waals surface area contributed by atoms with Gasteiger partial charge in [0.05, 0.1) is 0 Å². The summed E-state index contributed by atoms with van der Waals surface area (Å²) in [6, 6.07) is 5.68. The third kappa shape index (κ3) is 4.54. The Labute approximate surface area is 142 Å². The number of amides is 2. The number of benzene rings is 1. The van der Waals surface area contributed by atoms with Crippen molar-refractivity contribution in [3.8, 4) is 0 Å². The molecule has 0 aliphatic heterocycles. The Morgan fingerprint density at radius 3 is 2.42 bits per heavy atom. The maximum absolute atomic E-state index is 14.0. The molecule has 0 saturated heterocycles. The average molecular weight is 335 g/mol. The minimum absolute atomic E-state index is 0.0371. The fourth-order valence-corrected chi connectivity index (χ4v) is 3.34. The molecule has 3 N–H and O–H groups in total. The van der Waals surface area contributed by atoms with Gasteiger partial charge in [0.1, 0.15) is 11.9 Å². The Balaban J connectivity index is 1.93. The van der Waals surface area contributed by atoms with Crippen LogP contribution in [0.4, 0.5) is 4.39 Å². The van der Waals surface area contributed by atoms with Crippen LogP contribution in [0, 0.1) is 17.7 Å². The molecule has 0 spiro atoms. The Morgan fingerprint density at radius 1 is 1.25 bits per heavy atom. The van der Waals surface area contributed by atoms with Crippen LogP contribution < -0.4 is 11.1 Å². The summed E-state index contributed by atoms with van der Waals surface area (Å²) in [5.74, 6) is -0.516. The number of nitrogens with one attached hydrogen (secondary N) is 1. The number of likely N-dealkylation sites (N-methyl/N-ethyl adjacent to an activating group) is 1. The van der Waals surface area contributed by atoms with Crippen molar-refractivity contribution in [2.24, 2.45) is 17.6 Å². The highest BCUT2D eigenvalue weighted by atomic mass is 19.1. The first-order chi connectivity index (χ1) is 11.4. The summed E-state index contributed by atoms with van der Waals surface area (Å²) in [4.78, 5) is 25.5. The van der Waals surface area contributed by atoms with Crippen LogP contribution in [-0.4, -0.2) is 37.4 Å². The van der Waals surface area contributed by atoms with Crippen LogP contribution in [0.3, 0.4) is 0 Å². The summed E-state index contributed by atoms with van der Waals surface area (Å²) in [6.07, 6.45) is 3.31. The topological polar surface area (TPSA) is 75.4 Å². The van der Waals surface area contributed by atoms with Crippen LogP contribution in [0.15, 0.2) is 24.3 Å². The predicted molar refractivity (Wildman–Crippen MR) is 90.5 cm³/mol. The van der Waals surface area contributed by atoms with E-state index in [2.05, 4.69) is 5.32 Å². The first-order valence-corrected chi connectivity index (χ1v) is 8.38. The largest absolute Gasteiger partial charge is 0.369 e. The van der Waals surface area contributed by atoms with Crippen molar-refractivity contribution in [1.29, 1.82) is 0 Å². The molecule has 0 aromatic heterocycles. The van der Waals surface area contributed by atoms with E-state index in [1.165, 1.54) is 6.07 Å². The lowest BCUT2D eigenvalue weighted by Gasteiger charge is -2.29. The highest BCUT2D eigenvalue weighted by molar-refractivity contribution is 5.83. The van der Waals surface area contributed by atoms with Crippen LogP contribution in [0.2, 0.25) is 0 Å². The van der Waals surface area contributed by atoms with Gasteiger partial charge in [-0.2, -0.15) is 0 Å². The molecule has 132 valence electrons. The third-order valence-corrected chi connectivity index (χ3v) is 4.78. The summed E-state index contributed by atoms with van der Waals surface area (Å²) in [5.41, 5.74) is 5.71. The predicted octanol–water partition coefficient (Wildman–Crippen LogP) is 1.84. The molecular formula is C18H26FN3O2. The second-order valence-corrected chi connectivity index (χ2v) is 6.75. The molecule has 2 amide bonds. The summed E-state index contributed by atoms with van der Waals surface area (Å²) in [5, 5.41) is 2.94. The Morgan fingerprint density at radius 2 is 1.88 bits per heavy atom. The summed E-state index contributed by atoms with van der Waals surface area (Å²) in [6.45, 7) is 0.545. The van der Waals surface area contributed by atoms with E-state index in [1.807, 2.05) is 0 Å². The molecule has 1 aromatic rings. The van der Waals surface area contributed by atoms with Gasteiger partial charge >= 0.3 is 0 Å². The van der Waals surface area contributed by atoms with Gasteiger partial charge < -0.3 is 11.1 Å². The second kappa shape index (κ2) is 8.24. The van der Waals surface area contributed by atoms with Crippen LogP contribution in [0.5, 0.6) is 0 Å². The van der Waals surface area contributed by atoms with Crippen molar-refractivity contribution >= 4 is 11.8 Å². The molecule has 1 atom stereocenters. The molecule has 0 unspecified atom stereocenters. The Kier molecular flexibility index (Phi) is 6.31. The number of carbonyl (C=O) groups is 2. The maximum Gasteiger partial charge on any atom is 0.242 e. The molecule has 1 aliphatic rings. The monoisotopic (exact) mass is 335 g/mol. The van der Waals surface area contributed by atoms with Crippen molar-refractivity contribution in [1.82, 2.24) is 10.2 Å². The molecule has 0 radical (unpaired) electrons. The van der Waals surface area contributed by atoms with Crippen molar-refractivity contribution in [2.75, 3.05) is 20.6 Å². The van der Waals surface area contributed by atoms with Gasteiger partial charge in [0.2, 0.25) is 11.8 Å². The smallest absolute Gasteiger partial charge is 0.242 e. The number of nitrogens with zero attached hydrogens (tertiary/aromatic N) is 1. The highest BCUT2D eigenvalue weighted by Gasteiger charge is 2.28. The van der Waals surface area contributed by atoms with Crippen molar-refractivity contribution in [3.63, 3.8) is 0 Å². The van der Waals surface area contributed by atoms with Gasteiger partial charge in [-0.25, -0.2) is 4.39 Å². The van der Waals surface area contributed by atoms with E-state index in [0.29, 0.717) is 18.0 Å². The summed E-state index contributed by atoms with van der Waals surface area (Å²) >= 11 is 0. The van der Waals surface area contributed by atoms with Crippen LogP contribution in [-0.2, 0) is 9.59 Å². The van der Waals surface area contributed by atoms with Crippen molar-refractivity contribution < 1.29 is 14.0 Å². The van der Waals surface area contributed by atoms with Gasteiger partial charge in [-0.05, 0) is 51.8 Å². The summed E-state index contributed by atoms with van der Waals surface area (Å²) in [7, 11) is 3.52. The van der Waals surface area contributed by atoms with Gasteiger partial charge in [-0.15, -0.1) is 0 Å². The fraction of sp³-hybridized carbons (Fsp3) is 0.556. The lowest BCUT2D eigenvalue weighted by atomic mass is 9.81. The van der Waals surface area contributed by atoms with E-state index in [-0.39, 0.29) is 23.5 Å². The molecule has 1 aromatic carbocycles. The third-order valence-electron chi connectivity index (χ3n) is 4.78. The Bertz CT molecular complexity index is 583. The number of rotatable bonds is 6. The van der Waals surface area contributed by atoms with E-state index in [9.17, 15) is 14.0 Å². The fourth-order valence-electron chi connectivity index (χ4n) is 3.34. The number of hydrogen-bond acceptors (Lipinski definition) is 3. The zero-order chi connectivity index (χ0) is 17.7. The second-order valence-electron chi connectivity index (χ2n) is 6.75. The molecule has 2 rings (SSSR count). The minimum Gasteiger partial charge on any atom is -0.369 e. The van der Waals surface area contributed by atoms with Crippen LogP contribution in [0.1, 0.15) is 37.3 Å². The Hall–Kier alpha value is -1.95. The van der Waals surface area contributed by atoms with Gasteiger partial charge in [0.25, 0.3) is 0 Å². The van der Waals surface area contributed by atoms with Crippen molar-refractivity contribution in [2.45, 2.75) is 31.7 Å². The average Bonchev–Trinajstić information content (AvgIpc) is 2.55. The van der Waals surface area contributed by atoms with E-state index in [0.717, 1.165) is 25.7 Å². The first kappa shape index (κ1) is 18.4. The molecule has 6 heteroatoms. The zero-order valence-corrected chi connectivity index (χ0v) is 14.3. The molecule has 24 heavy (non-hydrogen) atoms. The van der Waals surface area contributed by atoms with Gasteiger partial charge in [0, 0.05) is 18.0 Å². The van der Waals surface area contributed by atoms with Gasteiger partial charge in [-0.1, -0.05) is 18.2 Å². The lowest BCUT2D eigenvalue weighted by Crippen LogP contribution is -2.40. The van der Waals surface area contributed by atoms with Gasteiger partial charge in [0.15, 0.2) is 0 Å². The molecule has 0 heterocycles. The van der Waals surface area contributed by atoms with E-state index in [1.54, 1.807) is 37.2 Å². The molecule has 0 bridgehead atoms. The molecule has 1 saturated carbocycles. The number of hydrogen-bond donors (Lipinski definition) is 2. The standard InChI is InChI=1S/C18H26FN3O2/c1-22(2)16(14-5-3-4-6-15(14)19)18(24)21-11-12-7-9-13(10-8-12)17(20)23/h3-6,12-13,16H,7-11H2,1-2H3,(H2,20,23)(H,21,24)/t12?,13?,16-/m0/s1. The SMILES string of the molecule is CN(C)[C@H](C(=O)NCC1CCC(C(N)=O)CC1)c1ccccc1F. The lowest BCUT2D eigenvalue weighted by molar-refractivity contribution is -0.126. The number of nitrogens with two attached hydrogens (primary N) is 1. The van der Waals surface area contributed by atoms with Crippen LogP contribution >= 0.6 is 0 Å².